The van der Waals surface area contributed by atoms with Crippen LogP contribution in [0.1, 0.15) is 18.4 Å². The molecule has 0 radical (unpaired) electrons. The zero-order chi connectivity index (χ0) is 12.9. The lowest BCUT2D eigenvalue weighted by Crippen LogP contribution is -2.66. The van der Waals surface area contributed by atoms with Crippen molar-refractivity contribution in [2.24, 2.45) is 10.9 Å². The van der Waals surface area contributed by atoms with E-state index in [1.54, 1.807) is 6.07 Å². The lowest BCUT2D eigenvalue weighted by Gasteiger charge is -2.51. The van der Waals surface area contributed by atoms with Gasteiger partial charge in [0.1, 0.15) is 11.6 Å². The normalized spacial score (nSPS) is 36.3. The number of rotatable bonds is 1. The van der Waals surface area contributed by atoms with Gasteiger partial charge in [0, 0.05) is 6.54 Å². The summed E-state index contributed by atoms with van der Waals surface area (Å²) in [7, 11) is 0. The van der Waals surface area contributed by atoms with Gasteiger partial charge >= 0.3 is 0 Å². The van der Waals surface area contributed by atoms with Crippen molar-refractivity contribution in [3.05, 3.63) is 29.8 Å². The Morgan fingerprint density at radius 2 is 2.05 bits per heavy atom. The minimum atomic E-state index is 0.119. The number of nitrogens with one attached hydrogen (secondary N) is 1. The van der Waals surface area contributed by atoms with Gasteiger partial charge in [0.15, 0.2) is 0 Å². The number of hydrogen-bond donors (Lipinski definition) is 2. The van der Waals surface area contributed by atoms with E-state index in [-0.39, 0.29) is 5.54 Å². The molecule has 0 aliphatic carbocycles. The monoisotopic (exact) mass is 257 g/mol. The maximum absolute atomic E-state index is 9.96. The van der Waals surface area contributed by atoms with Gasteiger partial charge in [-0.05, 0) is 44.0 Å². The van der Waals surface area contributed by atoms with Crippen LogP contribution >= 0.6 is 0 Å². The van der Waals surface area contributed by atoms with Gasteiger partial charge < -0.3 is 15.3 Å². The van der Waals surface area contributed by atoms with Crippen molar-refractivity contribution in [3.8, 4) is 5.75 Å². The minimum absolute atomic E-state index is 0.119. The first-order valence-electron chi connectivity index (χ1n) is 7.10. The number of nitrogens with zero attached hydrogens (tertiary/aromatic N) is 2. The summed E-state index contributed by atoms with van der Waals surface area (Å²) in [6.07, 6.45) is 2.55. The molecule has 4 aliphatic heterocycles. The fourth-order valence-electron chi connectivity index (χ4n) is 3.85. The standard InChI is InChI=1S/C15H19N3O/c19-13-4-2-1-3-12(13)14-16-9-15(17-14)10-18-7-5-11(15)6-8-18/h1-4,11,19H,5-10H2,(H,16,17). The summed E-state index contributed by atoms with van der Waals surface area (Å²) >= 11 is 0. The smallest absolute Gasteiger partial charge is 0.132 e. The van der Waals surface area contributed by atoms with Crippen LogP contribution in [0, 0.1) is 5.92 Å². The summed E-state index contributed by atoms with van der Waals surface area (Å²) in [6, 6.07) is 7.45. The molecule has 3 saturated heterocycles. The Bertz CT molecular complexity index is 534. The van der Waals surface area contributed by atoms with Gasteiger partial charge in [-0.25, -0.2) is 0 Å². The SMILES string of the molecule is Oc1ccccc1C1=NCC2(CN3CCC2CC3)N1. The van der Waals surface area contributed by atoms with E-state index in [9.17, 15) is 5.11 Å². The highest BCUT2D eigenvalue weighted by atomic mass is 16.3. The fourth-order valence-corrected chi connectivity index (χ4v) is 3.85. The van der Waals surface area contributed by atoms with Crippen LogP contribution in [0.4, 0.5) is 0 Å². The predicted octanol–water partition coefficient (Wildman–Crippen LogP) is 1.21. The Hall–Kier alpha value is -1.55. The summed E-state index contributed by atoms with van der Waals surface area (Å²) in [5.41, 5.74) is 0.949. The van der Waals surface area contributed by atoms with Crippen molar-refractivity contribution in [1.29, 1.82) is 0 Å². The summed E-state index contributed by atoms with van der Waals surface area (Å²) < 4.78 is 0. The maximum Gasteiger partial charge on any atom is 0.132 e. The van der Waals surface area contributed by atoms with E-state index < -0.39 is 0 Å². The zero-order valence-electron chi connectivity index (χ0n) is 11.0. The molecule has 1 aromatic carbocycles. The van der Waals surface area contributed by atoms with Crippen molar-refractivity contribution in [3.63, 3.8) is 0 Å². The highest BCUT2D eigenvalue weighted by Crippen LogP contribution is 2.38. The molecule has 4 heterocycles. The topological polar surface area (TPSA) is 47.9 Å². The van der Waals surface area contributed by atoms with Gasteiger partial charge in [-0.2, -0.15) is 0 Å². The molecule has 4 heteroatoms. The first-order valence-corrected chi connectivity index (χ1v) is 7.10. The number of hydrogen-bond acceptors (Lipinski definition) is 4. The number of piperidine rings is 3. The van der Waals surface area contributed by atoms with Crippen LogP contribution in [-0.4, -0.2) is 47.6 Å². The minimum Gasteiger partial charge on any atom is -0.507 e. The van der Waals surface area contributed by atoms with Crippen LogP contribution in [0.3, 0.4) is 0 Å². The molecule has 1 aromatic rings. The average Bonchev–Trinajstić information content (AvgIpc) is 2.84. The predicted molar refractivity (Wildman–Crippen MR) is 74.5 cm³/mol. The number of aliphatic imine (C=N–C) groups is 1. The molecule has 2 N–H and O–H groups in total. The highest BCUT2D eigenvalue weighted by Gasteiger charge is 2.49. The Morgan fingerprint density at radius 3 is 2.74 bits per heavy atom. The van der Waals surface area contributed by atoms with Crippen molar-refractivity contribution < 1.29 is 5.11 Å². The molecule has 3 fully saturated rings. The van der Waals surface area contributed by atoms with Crippen LogP contribution in [0.25, 0.3) is 0 Å². The summed E-state index contributed by atoms with van der Waals surface area (Å²) in [6.45, 7) is 4.41. The van der Waals surface area contributed by atoms with Gasteiger partial charge in [0.05, 0.1) is 17.6 Å². The van der Waals surface area contributed by atoms with E-state index in [2.05, 4.69) is 15.2 Å². The molecule has 2 bridgehead atoms. The molecular weight excluding hydrogens is 238 g/mol. The molecule has 5 rings (SSSR count). The van der Waals surface area contributed by atoms with Crippen molar-refractivity contribution in [2.75, 3.05) is 26.2 Å². The highest BCUT2D eigenvalue weighted by molar-refractivity contribution is 6.02. The number of fused-ring (bicyclic) bond motifs is 2. The van der Waals surface area contributed by atoms with E-state index in [1.165, 1.54) is 25.9 Å². The third-order valence-electron chi connectivity index (χ3n) is 4.92. The second kappa shape index (κ2) is 3.97. The third kappa shape index (κ3) is 1.66. The fraction of sp³-hybridized carbons (Fsp3) is 0.533. The second-order valence-electron chi connectivity index (χ2n) is 6.01. The van der Waals surface area contributed by atoms with E-state index in [0.717, 1.165) is 30.4 Å². The molecule has 0 amide bonds. The van der Waals surface area contributed by atoms with Crippen LogP contribution in [0.2, 0.25) is 0 Å². The van der Waals surface area contributed by atoms with E-state index >= 15 is 0 Å². The van der Waals surface area contributed by atoms with Crippen molar-refractivity contribution >= 4 is 5.84 Å². The Kier molecular flexibility index (Phi) is 2.36. The van der Waals surface area contributed by atoms with Crippen LogP contribution in [-0.2, 0) is 0 Å². The van der Waals surface area contributed by atoms with Gasteiger partial charge in [-0.3, -0.25) is 4.99 Å². The van der Waals surface area contributed by atoms with Gasteiger partial charge in [0.25, 0.3) is 0 Å². The van der Waals surface area contributed by atoms with E-state index in [4.69, 9.17) is 0 Å². The number of aromatic hydroxyl groups is 1. The van der Waals surface area contributed by atoms with Crippen molar-refractivity contribution in [1.82, 2.24) is 10.2 Å². The first kappa shape index (κ1) is 11.3. The molecule has 1 unspecified atom stereocenters. The largest absolute Gasteiger partial charge is 0.507 e. The molecule has 100 valence electrons. The molecule has 4 nitrogen and oxygen atoms in total. The number of para-hydroxylation sites is 1. The number of phenolic OH excluding ortho intramolecular Hbond substituents is 1. The third-order valence-corrected chi connectivity index (χ3v) is 4.92. The lowest BCUT2D eigenvalue weighted by molar-refractivity contribution is 0.0270. The van der Waals surface area contributed by atoms with Crippen LogP contribution in [0.5, 0.6) is 5.75 Å². The van der Waals surface area contributed by atoms with Gasteiger partial charge in [-0.15, -0.1) is 0 Å². The van der Waals surface area contributed by atoms with Gasteiger partial charge in [0.2, 0.25) is 0 Å². The van der Waals surface area contributed by atoms with Crippen molar-refractivity contribution in [2.45, 2.75) is 18.4 Å². The summed E-state index contributed by atoms with van der Waals surface area (Å²) in [5.74, 6) is 1.91. The van der Waals surface area contributed by atoms with Gasteiger partial charge in [-0.1, -0.05) is 12.1 Å². The Morgan fingerprint density at radius 1 is 1.26 bits per heavy atom. The molecular formula is C15H19N3O. The molecule has 1 atom stereocenters. The number of phenols is 1. The summed E-state index contributed by atoms with van der Waals surface area (Å²) in [4.78, 5) is 7.22. The molecule has 0 aromatic heterocycles. The van der Waals surface area contributed by atoms with E-state index in [1.807, 2.05) is 18.2 Å². The molecule has 4 aliphatic rings. The molecule has 19 heavy (non-hydrogen) atoms. The molecule has 0 saturated carbocycles. The Balaban J connectivity index is 1.61. The maximum atomic E-state index is 9.96. The second-order valence-corrected chi connectivity index (χ2v) is 6.01. The number of benzene rings is 1. The average molecular weight is 257 g/mol. The summed E-state index contributed by atoms with van der Waals surface area (Å²) in [5, 5.41) is 13.6. The van der Waals surface area contributed by atoms with Crippen LogP contribution < -0.4 is 5.32 Å². The quantitative estimate of drug-likeness (QED) is 0.795. The van der Waals surface area contributed by atoms with E-state index in [0.29, 0.717) is 5.75 Å². The zero-order valence-corrected chi connectivity index (χ0v) is 11.0. The first-order chi connectivity index (χ1) is 9.27. The Labute approximate surface area is 113 Å². The molecule has 1 spiro atoms. The lowest BCUT2D eigenvalue weighted by atomic mass is 9.73. The number of amidine groups is 1. The van der Waals surface area contributed by atoms with Crippen LogP contribution in [0.15, 0.2) is 29.3 Å².